The maximum Gasteiger partial charge on any atom is 0.314 e. The second-order valence-corrected chi connectivity index (χ2v) is 9.48. The molecular formula is C25H24FN5O4S. The number of carboxylic acid groups (broad SMARTS) is 1. The van der Waals surface area contributed by atoms with Gasteiger partial charge in [-0.1, -0.05) is 13.0 Å². The Kier molecular flexibility index (Phi) is 6.77. The van der Waals surface area contributed by atoms with Crippen LogP contribution < -0.4 is 5.32 Å². The molecular weight excluding hydrogens is 485 g/mol. The summed E-state index contributed by atoms with van der Waals surface area (Å²) in [5.41, 5.74) is 1.26. The van der Waals surface area contributed by atoms with Gasteiger partial charge in [0.1, 0.15) is 11.2 Å². The summed E-state index contributed by atoms with van der Waals surface area (Å²) in [5, 5.41) is 14.8. The molecule has 3 aromatic heterocycles. The van der Waals surface area contributed by atoms with E-state index < -0.39 is 17.7 Å². The topological polar surface area (TPSA) is 122 Å². The number of thiophene rings is 1. The first-order valence-electron chi connectivity index (χ1n) is 11.4. The Morgan fingerprint density at radius 3 is 2.67 bits per heavy atom. The van der Waals surface area contributed by atoms with Gasteiger partial charge in [0.05, 0.1) is 36.8 Å². The first kappa shape index (κ1) is 24.0. The first-order valence-corrected chi connectivity index (χ1v) is 12.3. The minimum absolute atomic E-state index is 0.00426. The Hall–Kier alpha value is -3.67. The fraction of sp³-hybridized carbons (Fsp3) is 0.280. The van der Waals surface area contributed by atoms with Crippen molar-refractivity contribution >= 4 is 23.3 Å². The van der Waals surface area contributed by atoms with E-state index in [0.717, 1.165) is 4.88 Å². The number of halogens is 1. The van der Waals surface area contributed by atoms with Crippen LogP contribution in [-0.2, 0) is 20.8 Å². The Morgan fingerprint density at radius 2 is 2.00 bits per heavy atom. The van der Waals surface area contributed by atoms with Gasteiger partial charge >= 0.3 is 5.97 Å². The molecule has 1 aliphatic rings. The van der Waals surface area contributed by atoms with Crippen LogP contribution in [0.5, 0.6) is 0 Å². The van der Waals surface area contributed by atoms with Crippen molar-refractivity contribution in [3.63, 3.8) is 0 Å². The molecule has 0 saturated carbocycles. The molecule has 3 N–H and O–H groups in total. The van der Waals surface area contributed by atoms with Gasteiger partial charge in [0.15, 0.2) is 5.82 Å². The number of H-pyrrole nitrogens is 1. The van der Waals surface area contributed by atoms with Crippen molar-refractivity contribution < 1.29 is 23.8 Å². The van der Waals surface area contributed by atoms with Gasteiger partial charge in [-0.05, 0) is 48.2 Å². The maximum absolute atomic E-state index is 13.6. The summed E-state index contributed by atoms with van der Waals surface area (Å²) in [6.45, 7) is 2.37. The second kappa shape index (κ2) is 10.1. The lowest BCUT2D eigenvalue weighted by Crippen LogP contribution is -2.44. The van der Waals surface area contributed by atoms with Gasteiger partial charge in [0.2, 0.25) is 12.2 Å². The number of aliphatic carboxylic acids is 1. The lowest BCUT2D eigenvalue weighted by Gasteiger charge is -2.35. The SMILES string of the molecule is CCC1(C(=O)O)COC(c2nc(-c3ccc(F)cc3)c(-c3ccnc(NCc4cccs4)n3)[nH]2)OC1. The van der Waals surface area contributed by atoms with Crippen LogP contribution in [0.2, 0.25) is 0 Å². The van der Waals surface area contributed by atoms with Crippen molar-refractivity contribution in [1.29, 1.82) is 0 Å². The highest BCUT2D eigenvalue weighted by atomic mass is 32.1. The van der Waals surface area contributed by atoms with E-state index in [1.54, 1.807) is 42.7 Å². The first-order chi connectivity index (χ1) is 17.5. The number of benzene rings is 1. The van der Waals surface area contributed by atoms with Gasteiger partial charge < -0.3 is 24.9 Å². The molecule has 0 radical (unpaired) electrons. The summed E-state index contributed by atoms with van der Waals surface area (Å²) < 4.78 is 25.2. The van der Waals surface area contributed by atoms with Gasteiger partial charge in [-0.15, -0.1) is 11.3 Å². The van der Waals surface area contributed by atoms with Gasteiger partial charge in [-0.3, -0.25) is 4.79 Å². The average Bonchev–Trinajstić information content (AvgIpc) is 3.59. The zero-order valence-corrected chi connectivity index (χ0v) is 20.2. The summed E-state index contributed by atoms with van der Waals surface area (Å²) in [7, 11) is 0. The molecule has 1 fully saturated rings. The Balaban J connectivity index is 1.46. The molecule has 1 aliphatic heterocycles. The number of nitrogens with zero attached hydrogens (tertiary/aromatic N) is 3. The maximum atomic E-state index is 13.6. The van der Waals surface area contributed by atoms with Crippen LogP contribution in [0.4, 0.5) is 10.3 Å². The molecule has 5 rings (SSSR count). The molecule has 4 heterocycles. The van der Waals surface area contributed by atoms with E-state index >= 15 is 0 Å². The molecule has 36 heavy (non-hydrogen) atoms. The largest absolute Gasteiger partial charge is 0.481 e. The number of hydrogen-bond donors (Lipinski definition) is 3. The summed E-state index contributed by atoms with van der Waals surface area (Å²) in [6.07, 6.45) is 1.14. The van der Waals surface area contributed by atoms with Crippen LogP contribution in [0.1, 0.15) is 30.3 Å². The highest BCUT2D eigenvalue weighted by Gasteiger charge is 2.43. The summed E-state index contributed by atoms with van der Waals surface area (Å²) in [4.78, 5) is 29.8. The normalized spacial score (nSPS) is 19.8. The monoisotopic (exact) mass is 509 g/mol. The Labute approximate surface area is 210 Å². The summed E-state index contributed by atoms with van der Waals surface area (Å²) >= 11 is 1.64. The van der Waals surface area contributed by atoms with E-state index in [0.29, 0.717) is 47.4 Å². The second-order valence-electron chi connectivity index (χ2n) is 8.44. The number of hydrogen-bond acceptors (Lipinski definition) is 8. The number of carbonyl (C=O) groups is 1. The van der Waals surface area contributed by atoms with Crippen LogP contribution >= 0.6 is 11.3 Å². The van der Waals surface area contributed by atoms with Crippen molar-refractivity contribution in [1.82, 2.24) is 19.9 Å². The number of ether oxygens (including phenoxy) is 2. The minimum atomic E-state index is -1.10. The molecule has 1 saturated heterocycles. The molecule has 0 spiro atoms. The number of rotatable bonds is 8. The van der Waals surface area contributed by atoms with Gasteiger partial charge in [0, 0.05) is 16.6 Å². The predicted octanol–water partition coefficient (Wildman–Crippen LogP) is 4.87. The molecule has 0 amide bonds. The lowest BCUT2D eigenvalue weighted by atomic mass is 9.86. The molecule has 0 unspecified atom stereocenters. The van der Waals surface area contributed by atoms with E-state index in [1.165, 1.54) is 12.1 Å². The van der Waals surface area contributed by atoms with Crippen molar-refractivity contribution in [2.45, 2.75) is 26.2 Å². The molecule has 9 nitrogen and oxygen atoms in total. The van der Waals surface area contributed by atoms with Crippen molar-refractivity contribution in [2.24, 2.45) is 5.41 Å². The van der Waals surface area contributed by atoms with Gasteiger partial charge in [0.25, 0.3) is 0 Å². The smallest absolute Gasteiger partial charge is 0.314 e. The lowest BCUT2D eigenvalue weighted by molar-refractivity contribution is -0.240. The van der Waals surface area contributed by atoms with Crippen molar-refractivity contribution in [2.75, 3.05) is 18.5 Å². The molecule has 11 heteroatoms. The van der Waals surface area contributed by atoms with Crippen LogP contribution in [0.25, 0.3) is 22.6 Å². The number of imidazole rings is 1. The third-order valence-electron chi connectivity index (χ3n) is 6.13. The van der Waals surface area contributed by atoms with Crippen LogP contribution in [0, 0.1) is 11.2 Å². The van der Waals surface area contributed by atoms with Crippen LogP contribution in [0.15, 0.2) is 54.0 Å². The van der Waals surface area contributed by atoms with Crippen LogP contribution in [-0.4, -0.2) is 44.2 Å². The fourth-order valence-electron chi connectivity index (χ4n) is 3.86. The number of carboxylic acids is 1. The summed E-state index contributed by atoms with van der Waals surface area (Å²) in [5.74, 6) is -0.506. The average molecular weight is 510 g/mol. The quantitative estimate of drug-likeness (QED) is 0.307. The molecule has 186 valence electrons. The van der Waals surface area contributed by atoms with Crippen molar-refractivity contribution in [3.8, 4) is 22.6 Å². The molecule has 0 atom stereocenters. The molecule has 0 aliphatic carbocycles. The summed E-state index contributed by atoms with van der Waals surface area (Å²) in [6, 6.07) is 11.7. The van der Waals surface area contributed by atoms with E-state index in [4.69, 9.17) is 14.5 Å². The van der Waals surface area contributed by atoms with E-state index in [9.17, 15) is 14.3 Å². The zero-order chi connectivity index (χ0) is 25.1. The Bertz CT molecular complexity index is 1340. The predicted molar refractivity (Wildman–Crippen MR) is 132 cm³/mol. The fourth-order valence-corrected chi connectivity index (χ4v) is 4.51. The zero-order valence-electron chi connectivity index (χ0n) is 19.4. The molecule has 1 aromatic carbocycles. The standard InChI is InChI=1S/C25H24FN5O4S/c1-2-25(23(32)33)13-34-22(35-14-25)21-30-19(15-5-7-16(26)8-6-15)20(31-21)18-9-10-27-24(29-18)28-12-17-4-3-11-36-17/h3-11,22H,2,12-14H2,1H3,(H,30,31)(H,32,33)(H,27,28,29). The molecule has 4 aromatic rings. The number of aromatic nitrogens is 4. The number of nitrogens with one attached hydrogen (secondary N) is 2. The highest BCUT2D eigenvalue weighted by Crippen LogP contribution is 2.37. The van der Waals surface area contributed by atoms with Gasteiger partial charge in [-0.2, -0.15) is 0 Å². The van der Waals surface area contributed by atoms with E-state index in [-0.39, 0.29) is 19.0 Å². The van der Waals surface area contributed by atoms with Gasteiger partial charge in [-0.25, -0.2) is 19.3 Å². The number of anilines is 1. The minimum Gasteiger partial charge on any atom is -0.481 e. The Morgan fingerprint density at radius 1 is 1.22 bits per heavy atom. The van der Waals surface area contributed by atoms with Crippen molar-refractivity contribution in [3.05, 3.63) is 70.6 Å². The van der Waals surface area contributed by atoms with E-state index in [1.807, 2.05) is 17.5 Å². The van der Waals surface area contributed by atoms with E-state index in [2.05, 4.69) is 20.3 Å². The third kappa shape index (κ3) is 4.85. The molecule has 0 bridgehead atoms. The number of aromatic amines is 1. The highest BCUT2D eigenvalue weighted by molar-refractivity contribution is 7.09. The third-order valence-corrected chi connectivity index (χ3v) is 7.00. The van der Waals surface area contributed by atoms with Crippen LogP contribution in [0.3, 0.4) is 0 Å².